The van der Waals surface area contributed by atoms with Gasteiger partial charge < -0.3 is 4.90 Å². The molecule has 1 aliphatic heterocycles. The minimum absolute atomic E-state index is 0.619. The highest BCUT2D eigenvalue weighted by molar-refractivity contribution is 5.80. The first-order chi connectivity index (χ1) is 13.3. The molecule has 1 aliphatic rings. The van der Waals surface area contributed by atoms with Gasteiger partial charge >= 0.3 is 0 Å². The highest BCUT2D eigenvalue weighted by Crippen LogP contribution is 2.25. The molecule has 27 heavy (non-hydrogen) atoms. The third-order valence-electron chi connectivity index (χ3n) is 4.97. The first-order valence-electron chi connectivity index (χ1n) is 9.27. The lowest BCUT2D eigenvalue weighted by atomic mass is 10.2. The molecule has 0 saturated carbocycles. The van der Waals surface area contributed by atoms with Crippen LogP contribution in [0.1, 0.15) is 19.8 Å². The van der Waals surface area contributed by atoms with Gasteiger partial charge in [-0.15, -0.1) is 5.10 Å². The van der Waals surface area contributed by atoms with Crippen LogP contribution in [0, 0.1) is 0 Å². The molecule has 4 aromatic heterocycles. The average Bonchev–Trinajstić information content (AvgIpc) is 3.47. The Morgan fingerprint density at radius 2 is 1.89 bits per heavy atom. The molecule has 136 valence electrons. The quantitative estimate of drug-likeness (QED) is 0.602. The zero-order valence-electron chi connectivity index (χ0n) is 15.1. The van der Waals surface area contributed by atoms with E-state index in [-0.39, 0.29) is 0 Å². The van der Waals surface area contributed by atoms with E-state index >= 15 is 0 Å². The van der Waals surface area contributed by atoms with Crippen molar-refractivity contribution < 1.29 is 0 Å². The third-order valence-corrected chi connectivity index (χ3v) is 4.97. The molecular weight excluding hydrogens is 340 g/mol. The number of nitrogens with zero attached hydrogens (tertiary/aromatic N) is 7. The molecular formula is C19H20N8. The summed E-state index contributed by atoms with van der Waals surface area (Å²) < 4.78 is 1.86. The molecule has 1 N–H and O–H groups in total. The molecule has 0 unspecified atom stereocenters. The van der Waals surface area contributed by atoms with Gasteiger partial charge in [-0.3, -0.25) is 15.1 Å². The molecule has 4 aromatic rings. The van der Waals surface area contributed by atoms with Crippen molar-refractivity contribution in [1.82, 2.24) is 34.9 Å². The van der Waals surface area contributed by atoms with Crippen LogP contribution in [0.15, 0.2) is 36.8 Å². The van der Waals surface area contributed by atoms with Crippen LogP contribution in [0.3, 0.4) is 0 Å². The molecule has 0 aliphatic carbocycles. The van der Waals surface area contributed by atoms with Crippen molar-refractivity contribution in [3.63, 3.8) is 0 Å². The second-order valence-electron chi connectivity index (χ2n) is 6.70. The topological polar surface area (TPSA) is 88.4 Å². The van der Waals surface area contributed by atoms with E-state index in [1.807, 2.05) is 29.9 Å². The Hall–Kier alpha value is -3.29. The summed E-state index contributed by atoms with van der Waals surface area (Å²) in [5.41, 5.74) is 3.62. The Morgan fingerprint density at radius 1 is 1.04 bits per heavy atom. The lowest BCUT2D eigenvalue weighted by Gasteiger charge is -2.16. The van der Waals surface area contributed by atoms with Crippen molar-refractivity contribution in [3.05, 3.63) is 36.8 Å². The van der Waals surface area contributed by atoms with Crippen molar-refractivity contribution in [2.45, 2.75) is 26.3 Å². The maximum absolute atomic E-state index is 4.72. The summed E-state index contributed by atoms with van der Waals surface area (Å²) >= 11 is 0. The van der Waals surface area contributed by atoms with E-state index in [4.69, 9.17) is 4.98 Å². The number of pyridine rings is 2. The summed E-state index contributed by atoms with van der Waals surface area (Å²) in [6, 6.07) is 6.08. The van der Waals surface area contributed by atoms with E-state index in [9.17, 15) is 0 Å². The molecule has 5 rings (SSSR count). The predicted molar refractivity (Wildman–Crippen MR) is 103 cm³/mol. The Morgan fingerprint density at radius 3 is 2.67 bits per heavy atom. The molecule has 8 heteroatoms. The minimum atomic E-state index is 0.619. The van der Waals surface area contributed by atoms with Gasteiger partial charge in [0.2, 0.25) is 0 Å². The first kappa shape index (κ1) is 15.9. The van der Waals surface area contributed by atoms with Crippen molar-refractivity contribution in [2.24, 2.45) is 0 Å². The molecule has 0 spiro atoms. The van der Waals surface area contributed by atoms with Gasteiger partial charge in [0.15, 0.2) is 11.6 Å². The number of nitrogens with one attached hydrogen (secondary N) is 1. The van der Waals surface area contributed by atoms with Gasteiger partial charge in [0, 0.05) is 25.0 Å². The molecule has 0 aromatic carbocycles. The molecule has 8 nitrogen and oxygen atoms in total. The number of aryl methyl sites for hydroxylation is 1. The van der Waals surface area contributed by atoms with E-state index in [0.717, 1.165) is 41.2 Å². The SMILES string of the molecule is CCn1nc(-c2ccc(N3CCCC3)cn2)nc1-c1cc2cn[nH]c2cn1. The summed E-state index contributed by atoms with van der Waals surface area (Å²) in [6.07, 6.45) is 7.98. The number of aromatic nitrogens is 7. The van der Waals surface area contributed by atoms with Gasteiger partial charge in [-0.2, -0.15) is 5.10 Å². The normalized spacial score (nSPS) is 14.3. The largest absolute Gasteiger partial charge is 0.370 e. The molecule has 0 radical (unpaired) electrons. The van der Waals surface area contributed by atoms with Gasteiger partial charge in [0.1, 0.15) is 11.4 Å². The minimum Gasteiger partial charge on any atom is -0.370 e. The number of fused-ring (bicyclic) bond motifs is 1. The van der Waals surface area contributed by atoms with Crippen molar-refractivity contribution in [1.29, 1.82) is 0 Å². The smallest absolute Gasteiger partial charge is 0.200 e. The molecule has 0 amide bonds. The van der Waals surface area contributed by atoms with Crippen LogP contribution in [0.4, 0.5) is 5.69 Å². The maximum Gasteiger partial charge on any atom is 0.200 e. The van der Waals surface area contributed by atoms with Crippen LogP contribution >= 0.6 is 0 Å². The summed E-state index contributed by atoms with van der Waals surface area (Å²) in [7, 11) is 0. The Bertz CT molecular complexity index is 1070. The summed E-state index contributed by atoms with van der Waals surface area (Å²) in [4.78, 5) is 16.2. The van der Waals surface area contributed by atoms with Crippen molar-refractivity contribution in [2.75, 3.05) is 18.0 Å². The molecule has 5 heterocycles. The van der Waals surface area contributed by atoms with Crippen LogP contribution in [0.25, 0.3) is 33.9 Å². The maximum atomic E-state index is 4.72. The zero-order valence-corrected chi connectivity index (χ0v) is 15.1. The van der Waals surface area contributed by atoms with Crippen LogP contribution in [-0.2, 0) is 6.54 Å². The van der Waals surface area contributed by atoms with E-state index in [0.29, 0.717) is 12.4 Å². The lowest BCUT2D eigenvalue weighted by molar-refractivity contribution is 0.666. The van der Waals surface area contributed by atoms with Gasteiger partial charge in [-0.25, -0.2) is 9.67 Å². The van der Waals surface area contributed by atoms with Gasteiger partial charge in [0.05, 0.1) is 29.8 Å². The Balaban J connectivity index is 1.50. The van der Waals surface area contributed by atoms with E-state index < -0.39 is 0 Å². The summed E-state index contributed by atoms with van der Waals surface area (Å²) in [5.74, 6) is 1.36. The number of H-pyrrole nitrogens is 1. The van der Waals surface area contributed by atoms with Crippen LogP contribution < -0.4 is 4.90 Å². The highest BCUT2D eigenvalue weighted by atomic mass is 15.4. The Labute approximate surface area is 156 Å². The van der Waals surface area contributed by atoms with Crippen LogP contribution in [-0.4, -0.2) is 48.0 Å². The zero-order chi connectivity index (χ0) is 18.2. The standard InChI is InChI=1S/C19H20N8/c1-2-27-19(16-9-13-10-22-24-17(13)12-21-16)23-18(25-27)15-6-5-14(11-20-15)26-7-3-4-8-26/h5-6,9-12H,2-4,7-8H2,1H3,(H,22,24). The first-order valence-corrected chi connectivity index (χ1v) is 9.27. The fourth-order valence-corrected chi connectivity index (χ4v) is 3.51. The van der Waals surface area contributed by atoms with Crippen LogP contribution in [0.2, 0.25) is 0 Å². The number of rotatable bonds is 4. The molecule has 0 atom stereocenters. The third kappa shape index (κ3) is 2.83. The van der Waals surface area contributed by atoms with Crippen LogP contribution in [0.5, 0.6) is 0 Å². The predicted octanol–water partition coefficient (Wildman–Crippen LogP) is 2.90. The molecule has 0 bridgehead atoms. The van der Waals surface area contributed by atoms with E-state index in [1.165, 1.54) is 18.5 Å². The monoisotopic (exact) mass is 360 g/mol. The fraction of sp³-hybridized carbons (Fsp3) is 0.316. The van der Waals surface area contributed by atoms with Gasteiger partial charge in [-0.1, -0.05) is 0 Å². The Kier molecular flexibility index (Phi) is 3.81. The fourth-order valence-electron chi connectivity index (χ4n) is 3.51. The molecule has 1 saturated heterocycles. The number of hydrogen-bond acceptors (Lipinski definition) is 6. The van der Waals surface area contributed by atoms with Crippen molar-refractivity contribution in [3.8, 4) is 23.0 Å². The van der Waals surface area contributed by atoms with E-state index in [1.54, 1.807) is 12.4 Å². The van der Waals surface area contributed by atoms with Gasteiger partial charge in [-0.05, 0) is 38.0 Å². The average molecular weight is 360 g/mol. The second kappa shape index (κ2) is 6.46. The number of aromatic amines is 1. The van der Waals surface area contributed by atoms with E-state index in [2.05, 4.69) is 36.2 Å². The van der Waals surface area contributed by atoms with Crippen molar-refractivity contribution >= 4 is 16.6 Å². The van der Waals surface area contributed by atoms with Gasteiger partial charge in [0.25, 0.3) is 0 Å². The lowest BCUT2D eigenvalue weighted by Crippen LogP contribution is -2.17. The summed E-state index contributed by atoms with van der Waals surface area (Å²) in [5, 5.41) is 12.6. The number of hydrogen-bond donors (Lipinski definition) is 1. The summed E-state index contributed by atoms with van der Waals surface area (Å²) in [6.45, 7) is 4.97. The molecule has 1 fully saturated rings. The number of anilines is 1. The highest BCUT2D eigenvalue weighted by Gasteiger charge is 2.17. The second-order valence-corrected chi connectivity index (χ2v) is 6.70.